The topological polar surface area (TPSA) is 26.3 Å². The van der Waals surface area contributed by atoms with E-state index in [0.717, 1.165) is 0 Å². The van der Waals surface area contributed by atoms with Crippen LogP contribution in [-0.4, -0.2) is 17.0 Å². The summed E-state index contributed by atoms with van der Waals surface area (Å²) in [6.45, 7) is 23.1. The van der Waals surface area contributed by atoms with Crippen LogP contribution in [0.1, 0.15) is 69.2 Å². The first kappa shape index (κ1) is 23.4. The number of halogens is 1. The van der Waals surface area contributed by atoms with E-state index >= 15 is 0 Å². The minimum Gasteiger partial charge on any atom is -0.372 e. The van der Waals surface area contributed by atoms with E-state index in [1.165, 1.54) is 0 Å². The molecule has 0 spiro atoms. The molecule has 0 aromatic rings. The third-order valence-electron chi connectivity index (χ3n) is 5.06. The molecule has 0 aliphatic rings. The van der Waals surface area contributed by atoms with Gasteiger partial charge in [-0.25, -0.2) is 0 Å². The number of methoxy groups -OCH3 is 1. The minimum absolute atomic E-state index is 0.121. The average Bonchev–Trinajstić information content (AvgIpc) is 2.28. The Labute approximate surface area is 158 Å². The molecule has 0 saturated heterocycles. The molecule has 0 fully saturated rings. The van der Waals surface area contributed by atoms with Crippen molar-refractivity contribution in [2.75, 3.05) is 7.11 Å². The zero-order valence-corrected chi connectivity index (χ0v) is 19.3. The van der Waals surface area contributed by atoms with E-state index in [-0.39, 0.29) is 26.6 Å². The van der Waals surface area contributed by atoms with Crippen LogP contribution in [0.5, 0.6) is 0 Å². The van der Waals surface area contributed by atoms with Crippen LogP contribution in [0.15, 0.2) is 0 Å². The molecule has 0 radical (unpaired) electrons. The molecule has 0 heterocycles. The summed E-state index contributed by atoms with van der Waals surface area (Å²) in [6.07, 6.45) is -0.324. The third-order valence-corrected chi connectivity index (χ3v) is 5.68. The molecule has 0 aromatic heterocycles. The number of hydrogen-bond donors (Lipinski definition) is 0. The SMILES string of the molecule is COC(C(=O)I)C(C(C)C)C(C(C)C)C(C(C)(C)C)C(C)(C)C. The molecule has 0 saturated carbocycles. The van der Waals surface area contributed by atoms with E-state index in [2.05, 4.69) is 69.2 Å². The Kier molecular flexibility index (Phi) is 8.78. The fourth-order valence-corrected chi connectivity index (χ4v) is 5.57. The molecule has 3 heteroatoms. The fourth-order valence-electron chi connectivity index (χ4n) is 4.90. The van der Waals surface area contributed by atoms with Crippen molar-refractivity contribution in [2.45, 2.75) is 75.3 Å². The van der Waals surface area contributed by atoms with Gasteiger partial charge in [0.05, 0.1) is 0 Å². The number of ether oxygens (including phenoxy) is 1. The Hall–Kier alpha value is 0.360. The molecule has 0 aromatic carbocycles. The second-order valence-corrected chi connectivity index (χ2v) is 10.9. The summed E-state index contributed by atoms with van der Waals surface area (Å²) in [7, 11) is 1.68. The van der Waals surface area contributed by atoms with Crippen molar-refractivity contribution >= 4 is 26.4 Å². The van der Waals surface area contributed by atoms with E-state index in [1.54, 1.807) is 7.11 Å². The van der Waals surface area contributed by atoms with Crippen LogP contribution in [0.2, 0.25) is 0 Å². The van der Waals surface area contributed by atoms with Gasteiger partial charge >= 0.3 is 0 Å². The van der Waals surface area contributed by atoms with Gasteiger partial charge < -0.3 is 4.74 Å². The van der Waals surface area contributed by atoms with Crippen molar-refractivity contribution in [2.24, 2.45) is 40.4 Å². The Morgan fingerprint density at radius 1 is 0.826 bits per heavy atom. The van der Waals surface area contributed by atoms with Gasteiger partial charge in [0.2, 0.25) is 3.79 Å². The molecular formula is C20H39IO2. The van der Waals surface area contributed by atoms with Gasteiger partial charge in [-0.05, 0) is 40.4 Å². The summed E-state index contributed by atoms with van der Waals surface area (Å²) < 4.78 is 5.81. The molecule has 0 bridgehead atoms. The zero-order valence-electron chi connectivity index (χ0n) is 17.2. The van der Waals surface area contributed by atoms with Gasteiger partial charge in [-0.2, -0.15) is 0 Å². The highest BCUT2D eigenvalue weighted by Crippen LogP contribution is 2.51. The lowest BCUT2D eigenvalue weighted by Crippen LogP contribution is -2.49. The fraction of sp³-hybridized carbons (Fsp3) is 0.950. The first-order chi connectivity index (χ1) is 10.2. The summed E-state index contributed by atoms with van der Waals surface area (Å²) in [5, 5.41) is 0. The zero-order chi connectivity index (χ0) is 18.7. The molecule has 3 atom stereocenters. The van der Waals surface area contributed by atoms with Crippen LogP contribution in [0.25, 0.3) is 0 Å². The number of carbonyl (C=O) groups is 1. The van der Waals surface area contributed by atoms with Gasteiger partial charge in [-0.3, -0.25) is 4.79 Å². The van der Waals surface area contributed by atoms with E-state index in [4.69, 9.17) is 4.74 Å². The summed E-state index contributed by atoms with van der Waals surface area (Å²) in [4.78, 5) is 12.2. The molecule has 3 unspecified atom stereocenters. The minimum atomic E-state index is -0.324. The Bertz CT molecular complexity index is 360. The number of hydrogen-bond acceptors (Lipinski definition) is 2. The Morgan fingerprint density at radius 3 is 1.35 bits per heavy atom. The Balaban J connectivity index is 6.21. The highest BCUT2D eigenvalue weighted by atomic mass is 127. The van der Waals surface area contributed by atoms with Crippen molar-refractivity contribution in [1.29, 1.82) is 0 Å². The summed E-state index contributed by atoms with van der Waals surface area (Å²) in [6, 6.07) is 0. The van der Waals surface area contributed by atoms with Crippen molar-refractivity contribution in [1.82, 2.24) is 0 Å². The van der Waals surface area contributed by atoms with Gasteiger partial charge in [0.1, 0.15) is 6.10 Å². The maximum atomic E-state index is 12.2. The first-order valence-corrected chi connectivity index (χ1v) is 9.96. The molecule has 0 N–H and O–H groups in total. The van der Waals surface area contributed by atoms with Crippen LogP contribution in [0.4, 0.5) is 0 Å². The molecule has 0 aliphatic carbocycles. The smallest absolute Gasteiger partial charge is 0.221 e. The Morgan fingerprint density at radius 2 is 1.17 bits per heavy atom. The number of rotatable bonds is 7. The maximum Gasteiger partial charge on any atom is 0.221 e. The molecule has 2 nitrogen and oxygen atoms in total. The molecule has 138 valence electrons. The van der Waals surface area contributed by atoms with Gasteiger partial charge in [-0.15, -0.1) is 0 Å². The van der Waals surface area contributed by atoms with Gasteiger partial charge in [-0.1, -0.05) is 69.2 Å². The van der Waals surface area contributed by atoms with Crippen molar-refractivity contribution in [3.05, 3.63) is 0 Å². The lowest BCUT2D eigenvalue weighted by atomic mass is 9.54. The lowest BCUT2D eigenvalue weighted by Gasteiger charge is -2.51. The second-order valence-electron chi connectivity index (χ2n) is 9.81. The molecular weight excluding hydrogens is 399 g/mol. The van der Waals surface area contributed by atoms with Crippen molar-refractivity contribution < 1.29 is 9.53 Å². The van der Waals surface area contributed by atoms with Gasteiger partial charge in [0.25, 0.3) is 0 Å². The normalized spacial score (nSPS) is 17.7. The molecule has 0 amide bonds. The quantitative estimate of drug-likeness (QED) is 0.349. The standard InChI is InChI=1S/C20H39IO2/c1-12(2)14(16(23-11)18(21)22)15(13(3)4)17(19(5,6)7)20(8,9)10/h12-17H,1-11H3. The van der Waals surface area contributed by atoms with E-state index in [0.29, 0.717) is 23.7 Å². The maximum absolute atomic E-state index is 12.2. The van der Waals surface area contributed by atoms with E-state index < -0.39 is 0 Å². The predicted molar refractivity (Wildman–Crippen MR) is 109 cm³/mol. The lowest BCUT2D eigenvalue weighted by molar-refractivity contribution is -0.130. The molecule has 23 heavy (non-hydrogen) atoms. The van der Waals surface area contributed by atoms with Crippen LogP contribution >= 0.6 is 22.6 Å². The van der Waals surface area contributed by atoms with E-state index in [9.17, 15) is 4.79 Å². The molecule has 0 aliphatic heterocycles. The van der Waals surface area contributed by atoms with Crippen LogP contribution in [0.3, 0.4) is 0 Å². The largest absolute Gasteiger partial charge is 0.372 e. The summed E-state index contributed by atoms with van der Waals surface area (Å²) >= 11 is 1.91. The predicted octanol–water partition coefficient (Wildman–Crippen LogP) is 6.22. The monoisotopic (exact) mass is 438 g/mol. The summed E-state index contributed by atoms with van der Waals surface area (Å²) in [5.74, 6) is 2.06. The first-order valence-electron chi connectivity index (χ1n) is 8.88. The third kappa shape index (κ3) is 6.30. The molecule has 0 rings (SSSR count). The average molecular weight is 438 g/mol. The van der Waals surface area contributed by atoms with Gasteiger partial charge in [0, 0.05) is 29.7 Å². The summed E-state index contributed by atoms with van der Waals surface area (Å²) in [5.41, 5.74) is 0.347. The van der Waals surface area contributed by atoms with E-state index in [1.807, 2.05) is 22.6 Å². The van der Waals surface area contributed by atoms with Crippen molar-refractivity contribution in [3.63, 3.8) is 0 Å². The van der Waals surface area contributed by atoms with Crippen LogP contribution in [0, 0.1) is 40.4 Å². The second kappa shape index (κ2) is 8.64. The van der Waals surface area contributed by atoms with Gasteiger partial charge in [0.15, 0.2) is 0 Å². The highest BCUT2D eigenvalue weighted by Gasteiger charge is 2.48. The van der Waals surface area contributed by atoms with Crippen molar-refractivity contribution in [3.8, 4) is 0 Å². The number of carbonyl (C=O) groups excluding carboxylic acids is 1. The van der Waals surface area contributed by atoms with Crippen LogP contribution in [-0.2, 0) is 9.53 Å². The van der Waals surface area contributed by atoms with Crippen LogP contribution < -0.4 is 0 Å². The highest BCUT2D eigenvalue weighted by molar-refractivity contribution is 14.1.